The summed E-state index contributed by atoms with van der Waals surface area (Å²) in [4.78, 5) is 31.2. The van der Waals surface area contributed by atoms with Crippen LogP contribution in [0.15, 0.2) is 15.3 Å². The number of carbonyl (C=O) groups excluding carboxylic acids is 2. The molecule has 8 nitrogen and oxygen atoms in total. The fourth-order valence-electron chi connectivity index (χ4n) is 5.51. The average molecular weight is 598 g/mol. The molecule has 1 saturated heterocycles. The largest absolute Gasteiger partial charge is 0.458 e. The lowest BCUT2D eigenvalue weighted by atomic mass is 9.72. The highest BCUT2D eigenvalue weighted by Gasteiger charge is 2.43. The lowest BCUT2D eigenvalue weighted by Crippen LogP contribution is -2.51. The number of aliphatic hydroxyl groups excluding tert-OH is 2. The van der Waals surface area contributed by atoms with E-state index in [4.69, 9.17) is 10.5 Å². The highest BCUT2D eigenvalue weighted by Crippen LogP contribution is 2.35. The summed E-state index contributed by atoms with van der Waals surface area (Å²) < 4.78 is 7.00. The Morgan fingerprint density at radius 2 is 1.95 bits per heavy atom. The second-order valence-electron chi connectivity index (χ2n) is 12.3. The highest BCUT2D eigenvalue weighted by molar-refractivity contribution is 8.00. The predicted molar refractivity (Wildman–Crippen MR) is 164 cm³/mol. The first kappa shape index (κ1) is 34.9. The molecule has 1 aliphatic heterocycles. The predicted octanol–water partition coefficient (Wildman–Crippen LogP) is 4.68. The summed E-state index contributed by atoms with van der Waals surface area (Å²) in [6.07, 6.45) is 4.02. The van der Waals surface area contributed by atoms with Crippen LogP contribution in [0.25, 0.3) is 6.08 Å². The van der Waals surface area contributed by atoms with E-state index in [1.165, 1.54) is 0 Å². The third kappa shape index (κ3) is 9.10. The van der Waals surface area contributed by atoms with Crippen LogP contribution in [0.1, 0.15) is 86.3 Å². The number of hydrogen-bond acceptors (Lipinski definition) is 10. The van der Waals surface area contributed by atoms with Gasteiger partial charge in [0, 0.05) is 29.9 Å². The number of esters is 1. The molecule has 5 N–H and O–H groups in total. The summed E-state index contributed by atoms with van der Waals surface area (Å²) in [5, 5.41) is 27.7. The Morgan fingerprint density at radius 3 is 2.55 bits per heavy atom. The number of nitrogens with two attached hydrogens (primary N) is 1. The minimum absolute atomic E-state index is 0.0963. The van der Waals surface area contributed by atoms with Gasteiger partial charge in [-0.1, -0.05) is 52.8 Å². The van der Waals surface area contributed by atoms with Gasteiger partial charge in [0.1, 0.15) is 16.2 Å². The third-order valence-electron chi connectivity index (χ3n) is 8.85. The molecule has 0 radical (unpaired) electrons. The number of ketones is 1. The maximum absolute atomic E-state index is 13.4. The van der Waals surface area contributed by atoms with Crippen molar-refractivity contribution in [2.45, 2.75) is 109 Å². The molecule has 2 heterocycles. The average Bonchev–Trinajstić information content (AvgIpc) is 3.36. The van der Waals surface area contributed by atoms with E-state index in [1.807, 2.05) is 31.6 Å². The van der Waals surface area contributed by atoms with Crippen molar-refractivity contribution in [1.29, 1.82) is 0 Å². The molecular weight excluding hydrogens is 546 g/mol. The van der Waals surface area contributed by atoms with Crippen molar-refractivity contribution in [3.63, 3.8) is 0 Å². The van der Waals surface area contributed by atoms with E-state index in [9.17, 15) is 19.8 Å². The smallest absolute Gasteiger partial charge is 0.309 e. The highest BCUT2D eigenvalue weighted by atomic mass is 32.2. The van der Waals surface area contributed by atoms with Crippen LogP contribution in [-0.2, 0) is 14.3 Å². The van der Waals surface area contributed by atoms with E-state index in [0.29, 0.717) is 19.5 Å². The number of Topliss-reactive ketones (excluding diaryl/α,β-unsaturated/α-hetero) is 1. The second kappa shape index (κ2) is 15.3. The van der Waals surface area contributed by atoms with Crippen LogP contribution < -0.4 is 11.1 Å². The number of carbonyl (C=O) groups is 2. The van der Waals surface area contributed by atoms with Gasteiger partial charge in [-0.15, -0.1) is 11.3 Å². The van der Waals surface area contributed by atoms with E-state index in [2.05, 4.69) is 24.1 Å². The van der Waals surface area contributed by atoms with Gasteiger partial charge < -0.3 is 26.0 Å². The number of aromatic nitrogens is 1. The van der Waals surface area contributed by atoms with Crippen molar-refractivity contribution in [2.75, 3.05) is 19.3 Å². The number of thiazole rings is 1. The summed E-state index contributed by atoms with van der Waals surface area (Å²) >= 11 is 3.16. The van der Waals surface area contributed by atoms with Crippen molar-refractivity contribution in [3.05, 3.63) is 16.6 Å². The van der Waals surface area contributed by atoms with Crippen LogP contribution in [-0.4, -0.2) is 70.1 Å². The lowest BCUT2D eigenvalue weighted by Gasteiger charge is -2.40. The first-order chi connectivity index (χ1) is 18.7. The van der Waals surface area contributed by atoms with E-state index in [-0.39, 0.29) is 29.6 Å². The number of nitrogens with one attached hydrogen (secondary N) is 1. The van der Waals surface area contributed by atoms with Crippen LogP contribution in [0.3, 0.4) is 0 Å². The van der Waals surface area contributed by atoms with Gasteiger partial charge in [0.25, 0.3) is 0 Å². The molecule has 7 atom stereocenters. The number of cyclic esters (lactones) is 1. The quantitative estimate of drug-likeness (QED) is 0.272. The maximum Gasteiger partial charge on any atom is 0.309 e. The van der Waals surface area contributed by atoms with E-state index < -0.39 is 35.6 Å². The number of hydrogen-bond donors (Lipinski definition) is 4. The molecule has 0 spiro atoms. The molecule has 0 amide bonds. The molecule has 228 valence electrons. The molecule has 10 heteroatoms. The van der Waals surface area contributed by atoms with Gasteiger partial charge in [0.05, 0.1) is 29.7 Å². The molecular formula is C30H51N3O5S2. The zero-order valence-corrected chi connectivity index (χ0v) is 27.2. The Bertz CT molecular complexity index is 1010. The Kier molecular flexibility index (Phi) is 13.3. The topological polar surface area (TPSA) is 135 Å². The second-order valence-corrected chi connectivity index (χ2v) is 14.2. The molecule has 40 heavy (non-hydrogen) atoms. The summed E-state index contributed by atoms with van der Waals surface area (Å²) in [6.45, 7) is 14.4. The van der Waals surface area contributed by atoms with Crippen molar-refractivity contribution in [3.8, 4) is 0 Å². The summed E-state index contributed by atoms with van der Waals surface area (Å²) in [7, 11) is 0. The molecule has 1 aromatic heterocycles. The Hall–Kier alpha value is -1.30. The van der Waals surface area contributed by atoms with Crippen molar-refractivity contribution in [2.24, 2.45) is 28.9 Å². The van der Waals surface area contributed by atoms with E-state index in [1.54, 1.807) is 43.9 Å². The molecule has 1 aromatic rings. The number of rotatable bonds is 6. The van der Waals surface area contributed by atoms with Crippen LogP contribution in [0.5, 0.6) is 0 Å². The fourth-order valence-corrected chi connectivity index (χ4v) is 6.74. The van der Waals surface area contributed by atoms with E-state index in [0.717, 1.165) is 34.9 Å². The fraction of sp³-hybridized carbons (Fsp3) is 0.767. The Morgan fingerprint density at radius 1 is 1.27 bits per heavy atom. The van der Waals surface area contributed by atoms with Crippen molar-refractivity contribution in [1.82, 2.24) is 10.3 Å². The molecule has 0 saturated carbocycles. The third-order valence-corrected chi connectivity index (χ3v) is 10.7. The van der Waals surface area contributed by atoms with Gasteiger partial charge in [-0.3, -0.25) is 9.59 Å². The molecule has 0 aliphatic carbocycles. The van der Waals surface area contributed by atoms with Crippen molar-refractivity contribution < 1.29 is 24.5 Å². The minimum Gasteiger partial charge on any atom is -0.458 e. The number of nitrogens with zero attached hydrogens (tertiary/aromatic N) is 1. The molecule has 1 aliphatic rings. The van der Waals surface area contributed by atoms with Gasteiger partial charge in [0.2, 0.25) is 0 Å². The molecule has 0 aromatic carbocycles. The first-order valence-electron chi connectivity index (χ1n) is 14.4. The Labute approximate surface area is 248 Å². The van der Waals surface area contributed by atoms with Gasteiger partial charge in [-0.05, 0) is 62.9 Å². The number of thioether (sulfide) groups is 1. The van der Waals surface area contributed by atoms with Crippen LogP contribution in [0.4, 0.5) is 0 Å². The van der Waals surface area contributed by atoms with Gasteiger partial charge >= 0.3 is 5.97 Å². The Balaban J connectivity index is 2.47. The normalized spacial score (nSPS) is 33.5. The van der Waals surface area contributed by atoms with Gasteiger partial charge in [0.15, 0.2) is 0 Å². The SMILES string of the molecule is CSc1nc(/C=C(\C)[C@@H]2C[C@H](C)[C@](C)(NCCN)CCC[C@H](C)[C@H](O)[C@@H](C)C(=O)C(C)(C)[C@@H](O)CC(=O)O2)cs1. The van der Waals surface area contributed by atoms with Crippen LogP contribution >= 0.6 is 23.1 Å². The summed E-state index contributed by atoms with van der Waals surface area (Å²) in [5.41, 5.74) is 6.03. The minimum atomic E-state index is -1.24. The maximum atomic E-state index is 13.4. The lowest BCUT2D eigenvalue weighted by molar-refractivity contribution is -0.155. The molecule has 1 fully saturated rings. The van der Waals surface area contributed by atoms with Crippen LogP contribution in [0, 0.1) is 23.2 Å². The monoisotopic (exact) mass is 597 g/mol. The first-order valence-corrected chi connectivity index (χ1v) is 16.5. The van der Waals surface area contributed by atoms with Gasteiger partial charge in [-0.25, -0.2) is 4.98 Å². The standard InChI is InChI=1S/C30H51N3O5S2/c1-18-10-9-11-30(7,32-13-12-31)20(3)15-23(19(2)14-22-17-40-28(33-22)39-8)38-25(35)16-24(34)29(5,6)27(37)21(4)26(18)36/h14,17-18,20-21,23-24,26,32,34,36H,9-13,15-16,31H2,1-8H3/b19-14+/t18-,20-,21+,23-,24-,26-,30+/m0/s1. The molecule has 0 unspecified atom stereocenters. The van der Waals surface area contributed by atoms with E-state index >= 15 is 0 Å². The van der Waals surface area contributed by atoms with Gasteiger partial charge in [-0.2, -0.15) is 0 Å². The number of aliphatic hydroxyl groups is 2. The molecule has 0 bridgehead atoms. The summed E-state index contributed by atoms with van der Waals surface area (Å²) in [6, 6.07) is 0. The van der Waals surface area contributed by atoms with Crippen LogP contribution in [0.2, 0.25) is 0 Å². The zero-order chi connectivity index (χ0) is 30.3. The van der Waals surface area contributed by atoms with Crippen molar-refractivity contribution >= 4 is 40.9 Å². The molecule has 2 rings (SSSR count). The summed E-state index contributed by atoms with van der Waals surface area (Å²) in [5.74, 6) is -1.49. The number of ether oxygens (including phenoxy) is 1. The zero-order valence-electron chi connectivity index (χ0n) is 25.5.